The van der Waals surface area contributed by atoms with Gasteiger partial charge in [0.15, 0.2) is 0 Å². The van der Waals surface area contributed by atoms with E-state index >= 15 is 0 Å². The number of hydrogen-bond acceptors (Lipinski definition) is 4. The van der Waals surface area contributed by atoms with Crippen LogP contribution in [0, 0.1) is 13.8 Å². The van der Waals surface area contributed by atoms with Gasteiger partial charge in [-0.3, -0.25) is 4.68 Å². The van der Waals surface area contributed by atoms with Crippen LogP contribution >= 0.6 is 0 Å². The summed E-state index contributed by atoms with van der Waals surface area (Å²) in [7, 11) is -3.52. The molecule has 120 valence electrons. The van der Waals surface area contributed by atoms with Crippen LogP contribution in [0.2, 0.25) is 0 Å². The van der Waals surface area contributed by atoms with Gasteiger partial charge in [0.05, 0.1) is 11.4 Å². The highest BCUT2D eigenvalue weighted by Gasteiger charge is 2.27. The molecular formula is C14H25N3O3S. The van der Waals surface area contributed by atoms with Crippen LogP contribution < -0.4 is 4.72 Å². The highest BCUT2D eigenvalue weighted by atomic mass is 32.2. The number of hydrogen-bond donors (Lipinski definition) is 2. The van der Waals surface area contributed by atoms with Crippen molar-refractivity contribution in [2.45, 2.75) is 69.9 Å². The number of sulfonamides is 1. The number of aromatic nitrogens is 2. The monoisotopic (exact) mass is 315 g/mol. The molecule has 0 amide bonds. The maximum atomic E-state index is 12.6. The molecule has 1 aromatic rings. The Morgan fingerprint density at radius 3 is 2.57 bits per heavy atom. The largest absolute Gasteiger partial charge is 0.396 e. The van der Waals surface area contributed by atoms with Crippen molar-refractivity contribution in [2.24, 2.45) is 0 Å². The molecule has 0 aromatic carbocycles. The quantitative estimate of drug-likeness (QED) is 0.833. The van der Waals surface area contributed by atoms with Crippen LogP contribution in [0.5, 0.6) is 0 Å². The van der Waals surface area contributed by atoms with Crippen molar-refractivity contribution in [3.8, 4) is 0 Å². The third-order valence-corrected chi connectivity index (χ3v) is 5.81. The van der Waals surface area contributed by atoms with E-state index < -0.39 is 10.0 Å². The molecule has 2 rings (SSSR count). The van der Waals surface area contributed by atoms with E-state index in [1.165, 1.54) is 6.42 Å². The van der Waals surface area contributed by atoms with Gasteiger partial charge in [0.25, 0.3) is 0 Å². The van der Waals surface area contributed by atoms with Crippen LogP contribution in [0.25, 0.3) is 0 Å². The van der Waals surface area contributed by atoms with Crippen molar-refractivity contribution in [2.75, 3.05) is 6.61 Å². The van der Waals surface area contributed by atoms with E-state index in [0.717, 1.165) is 25.7 Å². The van der Waals surface area contributed by atoms with Crippen molar-refractivity contribution in [1.29, 1.82) is 0 Å². The van der Waals surface area contributed by atoms with Crippen LogP contribution in [-0.4, -0.2) is 36.0 Å². The van der Waals surface area contributed by atoms with E-state index in [2.05, 4.69) is 9.82 Å². The van der Waals surface area contributed by atoms with Crippen molar-refractivity contribution >= 4 is 10.0 Å². The first-order valence-corrected chi connectivity index (χ1v) is 9.11. The van der Waals surface area contributed by atoms with Gasteiger partial charge in [-0.15, -0.1) is 0 Å². The summed E-state index contributed by atoms with van der Waals surface area (Å²) in [5.41, 5.74) is 1.16. The summed E-state index contributed by atoms with van der Waals surface area (Å²) < 4.78 is 29.7. The zero-order chi connectivity index (χ0) is 15.5. The summed E-state index contributed by atoms with van der Waals surface area (Å²) in [6.45, 7) is 4.09. The molecule has 1 aromatic heterocycles. The van der Waals surface area contributed by atoms with Gasteiger partial charge in [0, 0.05) is 19.2 Å². The molecule has 0 aliphatic heterocycles. The highest BCUT2D eigenvalue weighted by Crippen LogP contribution is 2.23. The van der Waals surface area contributed by atoms with Crippen molar-refractivity contribution in [3.05, 3.63) is 11.4 Å². The number of nitrogens with zero attached hydrogens (tertiary/aromatic N) is 2. The minimum atomic E-state index is -3.52. The Morgan fingerprint density at radius 1 is 1.29 bits per heavy atom. The number of rotatable bonds is 6. The molecule has 0 radical (unpaired) electrons. The molecule has 6 nitrogen and oxygen atoms in total. The number of nitrogens with one attached hydrogen (secondary N) is 1. The second kappa shape index (κ2) is 6.89. The first kappa shape index (κ1) is 16.5. The minimum Gasteiger partial charge on any atom is -0.396 e. The topological polar surface area (TPSA) is 84.2 Å². The van der Waals surface area contributed by atoms with Crippen LogP contribution in [0.1, 0.15) is 49.9 Å². The summed E-state index contributed by atoms with van der Waals surface area (Å²) in [4.78, 5) is 0.297. The van der Waals surface area contributed by atoms with Crippen LogP contribution in [0.4, 0.5) is 0 Å². The lowest BCUT2D eigenvalue weighted by Gasteiger charge is -2.22. The average molecular weight is 315 g/mol. The molecule has 2 N–H and O–H groups in total. The Morgan fingerprint density at radius 2 is 1.95 bits per heavy atom. The van der Waals surface area contributed by atoms with Gasteiger partial charge in [0.1, 0.15) is 4.90 Å². The van der Waals surface area contributed by atoms with Crippen LogP contribution in [0.3, 0.4) is 0 Å². The molecule has 0 spiro atoms. The highest BCUT2D eigenvalue weighted by molar-refractivity contribution is 7.89. The van der Waals surface area contributed by atoms with Crippen molar-refractivity contribution in [1.82, 2.24) is 14.5 Å². The minimum absolute atomic E-state index is 0.0448. The summed E-state index contributed by atoms with van der Waals surface area (Å²) in [5, 5.41) is 13.2. The van der Waals surface area contributed by atoms with E-state index in [9.17, 15) is 8.42 Å². The van der Waals surface area contributed by atoms with Gasteiger partial charge >= 0.3 is 0 Å². The molecule has 7 heteroatoms. The summed E-state index contributed by atoms with van der Waals surface area (Å²) >= 11 is 0. The smallest absolute Gasteiger partial charge is 0.244 e. The summed E-state index contributed by atoms with van der Waals surface area (Å²) in [6.07, 6.45) is 5.75. The van der Waals surface area contributed by atoms with Gasteiger partial charge < -0.3 is 5.11 Å². The molecule has 0 unspecified atom stereocenters. The van der Waals surface area contributed by atoms with Crippen molar-refractivity contribution in [3.63, 3.8) is 0 Å². The maximum Gasteiger partial charge on any atom is 0.244 e. The Hall–Kier alpha value is -0.920. The molecule has 1 fully saturated rings. The van der Waals surface area contributed by atoms with Gasteiger partial charge in [0.2, 0.25) is 10.0 Å². The lowest BCUT2D eigenvalue weighted by molar-refractivity contribution is 0.276. The fraction of sp³-hybridized carbons (Fsp3) is 0.786. The average Bonchev–Trinajstić information content (AvgIpc) is 2.72. The third kappa shape index (κ3) is 3.84. The maximum absolute atomic E-state index is 12.6. The molecule has 0 saturated heterocycles. The molecule has 0 bridgehead atoms. The van der Waals surface area contributed by atoms with Crippen molar-refractivity contribution < 1.29 is 13.5 Å². The second-order valence-corrected chi connectivity index (χ2v) is 7.41. The summed E-state index contributed by atoms with van der Waals surface area (Å²) in [5.74, 6) is 0. The lowest BCUT2D eigenvalue weighted by Crippen LogP contribution is -2.36. The molecule has 0 atom stereocenters. The van der Waals surface area contributed by atoms with E-state index in [4.69, 9.17) is 5.11 Å². The zero-order valence-electron chi connectivity index (χ0n) is 12.8. The Bertz CT molecular complexity index is 575. The summed E-state index contributed by atoms with van der Waals surface area (Å²) in [6, 6.07) is 0.0448. The molecular weight excluding hydrogens is 290 g/mol. The standard InChI is InChI=1S/C14H25N3O3S/c1-11-14(12(2)17(15-11)9-6-10-18)21(19,20)16-13-7-4-3-5-8-13/h13,16,18H,3-10H2,1-2H3. The van der Waals surface area contributed by atoms with Gasteiger partial charge in [-0.1, -0.05) is 19.3 Å². The molecule has 1 heterocycles. The SMILES string of the molecule is Cc1nn(CCCO)c(C)c1S(=O)(=O)NC1CCCCC1. The van der Waals surface area contributed by atoms with Crippen LogP contribution in [-0.2, 0) is 16.6 Å². The zero-order valence-corrected chi connectivity index (χ0v) is 13.6. The van der Waals surface area contributed by atoms with Gasteiger partial charge in [-0.25, -0.2) is 13.1 Å². The van der Waals surface area contributed by atoms with E-state index in [1.54, 1.807) is 18.5 Å². The molecule has 1 saturated carbocycles. The normalized spacial score (nSPS) is 17.3. The van der Waals surface area contributed by atoms with Gasteiger partial charge in [-0.05, 0) is 33.1 Å². The van der Waals surface area contributed by atoms with E-state index in [-0.39, 0.29) is 12.6 Å². The predicted octanol–water partition coefficient (Wildman–Crippen LogP) is 1.49. The molecule has 1 aliphatic carbocycles. The number of aryl methyl sites for hydroxylation is 2. The first-order valence-electron chi connectivity index (χ1n) is 7.63. The second-order valence-electron chi connectivity index (χ2n) is 5.76. The van der Waals surface area contributed by atoms with E-state index in [0.29, 0.717) is 29.2 Å². The molecule has 21 heavy (non-hydrogen) atoms. The Balaban J connectivity index is 2.20. The van der Waals surface area contributed by atoms with Gasteiger partial charge in [-0.2, -0.15) is 5.10 Å². The number of aliphatic hydroxyl groups excluding tert-OH is 1. The predicted molar refractivity (Wildman–Crippen MR) is 80.6 cm³/mol. The van der Waals surface area contributed by atoms with Crippen LogP contribution in [0.15, 0.2) is 4.90 Å². The first-order chi connectivity index (χ1) is 9.95. The lowest BCUT2D eigenvalue weighted by atomic mass is 9.96. The Labute approximate surface area is 126 Å². The fourth-order valence-corrected chi connectivity index (χ4v) is 4.72. The molecule has 1 aliphatic rings. The third-order valence-electron chi connectivity index (χ3n) is 4.04. The van der Waals surface area contributed by atoms with E-state index in [1.807, 2.05) is 0 Å². The number of aliphatic hydroxyl groups is 1. The Kier molecular flexibility index (Phi) is 5.40. The fourth-order valence-electron chi connectivity index (χ4n) is 3.01.